The molecule has 0 radical (unpaired) electrons. The summed E-state index contributed by atoms with van der Waals surface area (Å²) in [6.45, 7) is 0.355. The maximum Gasteiger partial charge on any atom is 0.405 e. The highest BCUT2D eigenvalue weighted by Gasteiger charge is 2.29. The molecular formula is C18H31N5O4. The SMILES string of the molecule is CNC[C@@H](O)[C@H](CC1CCCCC1)NC(=O)[C@H](Cc1c[nH]cn1)NC(=O)O. The Hall–Kier alpha value is -2.13. The Labute approximate surface area is 159 Å². The van der Waals surface area contributed by atoms with Crippen LogP contribution in [-0.2, 0) is 11.2 Å². The van der Waals surface area contributed by atoms with Crippen molar-refractivity contribution in [1.82, 2.24) is 25.9 Å². The molecule has 0 saturated heterocycles. The zero-order valence-corrected chi connectivity index (χ0v) is 15.8. The number of likely N-dealkylation sites (N-methyl/N-ethyl adjacent to an activating group) is 1. The third kappa shape index (κ3) is 7.18. The summed E-state index contributed by atoms with van der Waals surface area (Å²) in [4.78, 5) is 30.7. The number of amides is 2. The molecular weight excluding hydrogens is 350 g/mol. The smallest absolute Gasteiger partial charge is 0.405 e. The van der Waals surface area contributed by atoms with Gasteiger partial charge in [-0.1, -0.05) is 32.1 Å². The van der Waals surface area contributed by atoms with E-state index in [1.165, 1.54) is 25.6 Å². The van der Waals surface area contributed by atoms with Crippen LogP contribution in [-0.4, -0.2) is 64.0 Å². The van der Waals surface area contributed by atoms with Crippen LogP contribution in [0.4, 0.5) is 4.79 Å². The molecule has 9 nitrogen and oxygen atoms in total. The standard InChI is InChI=1S/C18H31N5O4/c1-19-10-16(24)14(7-12-5-3-2-4-6-12)22-17(25)15(23-18(26)27)8-13-9-20-11-21-13/h9,11-12,14-16,19,23-24H,2-8,10H2,1H3,(H,20,21)(H,22,25)(H,26,27)/t14-,15-,16+/m0/s1. The number of aliphatic hydroxyl groups excluding tert-OH is 1. The minimum Gasteiger partial charge on any atom is -0.465 e. The van der Waals surface area contributed by atoms with E-state index >= 15 is 0 Å². The molecule has 1 aromatic rings. The molecule has 1 aromatic heterocycles. The quantitative estimate of drug-likeness (QED) is 0.351. The molecule has 0 spiro atoms. The number of hydrogen-bond acceptors (Lipinski definition) is 5. The fourth-order valence-electron chi connectivity index (χ4n) is 3.70. The van der Waals surface area contributed by atoms with Crippen molar-refractivity contribution in [2.45, 2.75) is 63.1 Å². The van der Waals surface area contributed by atoms with Crippen molar-refractivity contribution < 1.29 is 19.8 Å². The molecule has 0 unspecified atom stereocenters. The van der Waals surface area contributed by atoms with Crippen molar-refractivity contribution >= 4 is 12.0 Å². The largest absolute Gasteiger partial charge is 0.465 e. The summed E-state index contributed by atoms with van der Waals surface area (Å²) >= 11 is 0. The fraction of sp³-hybridized carbons (Fsp3) is 0.722. The lowest BCUT2D eigenvalue weighted by Gasteiger charge is -2.31. The van der Waals surface area contributed by atoms with E-state index in [-0.39, 0.29) is 6.42 Å². The Morgan fingerprint density at radius 2 is 2.04 bits per heavy atom. The van der Waals surface area contributed by atoms with Gasteiger partial charge in [0.2, 0.25) is 5.91 Å². The molecule has 152 valence electrons. The predicted molar refractivity (Wildman–Crippen MR) is 100 cm³/mol. The van der Waals surface area contributed by atoms with E-state index in [0.717, 1.165) is 12.8 Å². The minimum absolute atomic E-state index is 0.139. The molecule has 1 fully saturated rings. The lowest BCUT2D eigenvalue weighted by atomic mass is 9.83. The molecule has 2 amide bonds. The van der Waals surface area contributed by atoms with Gasteiger partial charge in [0.25, 0.3) is 0 Å². The molecule has 0 bridgehead atoms. The maximum absolute atomic E-state index is 12.8. The number of aliphatic hydroxyl groups is 1. The van der Waals surface area contributed by atoms with Crippen molar-refractivity contribution in [2.24, 2.45) is 5.92 Å². The van der Waals surface area contributed by atoms with E-state index in [2.05, 4.69) is 25.9 Å². The summed E-state index contributed by atoms with van der Waals surface area (Å²) in [5.74, 6) is 0.0177. The molecule has 1 aliphatic rings. The fourth-order valence-corrected chi connectivity index (χ4v) is 3.70. The predicted octanol–water partition coefficient (Wildman–Crippen LogP) is 0.624. The minimum atomic E-state index is -1.27. The van der Waals surface area contributed by atoms with Gasteiger partial charge in [0, 0.05) is 19.2 Å². The maximum atomic E-state index is 12.8. The molecule has 6 N–H and O–H groups in total. The van der Waals surface area contributed by atoms with E-state index in [0.29, 0.717) is 24.6 Å². The van der Waals surface area contributed by atoms with Crippen LogP contribution < -0.4 is 16.0 Å². The van der Waals surface area contributed by atoms with E-state index in [1.807, 2.05) is 0 Å². The normalized spacial score (nSPS) is 18.4. The van der Waals surface area contributed by atoms with Crippen LogP contribution in [0.25, 0.3) is 0 Å². The lowest BCUT2D eigenvalue weighted by molar-refractivity contribution is -0.124. The Morgan fingerprint density at radius 1 is 1.30 bits per heavy atom. The molecule has 1 aliphatic carbocycles. The number of hydrogen-bond donors (Lipinski definition) is 6. The number of rotatable bonds is 10. The van der Waals surface area contributed by atoms with Crippen LogP contribution in [0.1, 0.15) is 44.2 Å². The van der Waals surface area contributed by atoms with Crippen LogP contribution in [0.15, 0.2) is 12.5 Å². The first-order valence-electron chi connectivity index (χ1n) is 9.59. The first-order chi connectivity index (χ1) is 13.0. The van der Waals surface area contributed by atoms with Gasteiger partial charge >= 0.3 is 6.09 Å². The first kappa shape index (κ1) is 21.2. The van der Waals surface area contributed by atoms with Crippen molar-refractivity contribution in [3.8, 4) is 0 Å². The molecule has 3 atom stereocenters. The van der Waals surface area contributed by atoms with Crippen LogP contribution in [0.3, 0.4) is 0 Å². The van der Waals surface area contributed by atoms with Crippen molar-refractivity contribution in [3.05, 3.63) is 18.2 Å². The van der Waals surface area contributed by atoms with Gasteiger partial charge in [-0.05, 0) is 19.4 Å². The van der Waals surface area contributed by atoms with Crippen LogP contribution in [0.2, 0.25) is 0 Å². The second-order valence-corrected chi connectivity index (χ2v) is 7.25. The molecule has 0 aromatic carbocycles. The molecule has 2 rings (SSSR count). The van der Waals surface area contributed by atoms with Crippen molar-refractivity contribution in [3.63, 3.8) is 0 Å². The molecule has 9 heteroatoms. The topological polar surface area (TPSA) is 139 Å². The highest BCUT2D eigenvalue weighted by atomic mass is 16.4. The van der Waals surface area contributed by atoms with Crippen molar-refractivity contribution in [1.29, 1.82) is 0 Å². The zero-order valence-electron chi connectivity index (χ0n) is 15.8. The highest BCUT2D eigenvalue weighted by molar-refractivity contribution is 5.85. The van der Waals surface area contributed by atoms with Crippen LogP contribution >= 0.6 is 0 Å². The average molecular weight is 381 g/mol. The second kappa shape index (κ2) is 10.9. The van der Waals surface area contributed by atoms with Gasteiger partial charge in [0.1, 0.15) is 6.04 Å². The Morgan fingerprint density at radius 3 is 2.63 bits per heavy atom. The van der Waals surface area contributed by atoms with Gasteiger partial charge in [0.15, 0.2) is 0 Å². The number of carboxylic acid groups (broad SMARTS) is 1. The summed E-state index contributed by atoms with van der Waals surface area (Å²) in [7, 11) is 1.75. The number of nitrogens with zero attached hydrogens (tertiary/aromatic N) is 1. The van der Waals surface area contributed by atoms with Gasteiger partial charge in [-0.2, -0.15) is 0 Å². The van der Waals surface area contributed by atoms with E-state index in [1.54, 1.807) is 13.2 Å². The van der Waals surface area contributed by atoms with E-state index in [4.69, 9.17) is 5.11 Å². The summed E-state index contributed by atoms with van der Waals surface area (Å²) < 4.78 is 0. The summed E-state index contributed by atoms with van der Waals surface area (Å²) in [5, 5.41) is 27.6. The van der Waals surface area contributed by atoms with Gasteiger partial charge < -0.3 is 31.1 Å². The molecule has 0 aliphatic heterocycles. The molecule has 27 heavy (non-hydrogen) atoms. The number of aromatic amines is 1. The molecule has 1 saturated carbocycles. The summed E-state index contributed by atoms with van der Waals surface area (Å²) in [5.41, 5.74) is 0.587. The monoisotopic (exact) mass is 381 g/mol. The van der Waals surface area contributed by atoms with Crippen LogP contribution in [0, 0.1) is 5.92 Å². The third-order valence-electron chi connectivity index (χ3n) is 5.10. The van der Waals surface area contributed by atoms with Gasteiger partial charge in [0.05, 0.1) is 24.2 Å². The average Bonchev–Trinajstić information content (AvgIpc) is 3.14. The number of carbonyl (C=O) groups excluding carboxylic acids is 1. The number of imidazole rings is 1. The van der Waals surface area contributed by atoms with E-state index < -0.39 is 30.2 Å². The lowest BCUT2D eigenvalue weighted by Crippen LogP contribution is -2.55. The van der Waals surface area contributed by atoms with Crippen LogP contribution in [0.5, 0.6) is 0 Å². The second-order valence-electron chi connectivity index (χ2n) is 7.25. The van der Waals surface area contributed by atoms with E-state index in [9.17, 15) is 14.7 Å². The van der Waals surface area contributed by atoms with Crippen molar-refractivity contribution in [2.75, 3.05) is 13.6 Å². The highest BCUT2D eigenvalue weighted by Crippen LogP contribution is 2.28. The zero-order chi connectivity index (χ0) is 19.6. The number of nitrogens with one attached hydrogen (secondary N) is 4. The van der Waals surface area contributed by atoms with Gasteiger partial charge in [-0.3, -0.25) is 4.79 Å². The first-order valence-corrected chi connectivity index (χ1v) is 9.59. The van der Waals surface area contributed by atoms with Gasteiger partial charge in [-0.25, -0.2) is 9.78 Å². The third-order valence-corrected chi connectivity index (χ3v) is 5.10. The molecule has 1 heterocycles. The Kier molecular flexibility index (Phi) is 8.53. The summed E-state index contributed by atoms with van der Waals surface area (Å²) in [6.07, 6.45) is 7.71. The number of H-pyrrole nitrogens is 1. The number of aromatic nitrogens is 2. The Balaban J connectivity index is 2.03. The number of carbonyl (C=O) groups is 2. The summed E-state index contributed by atoms with van der Waals surface area (Å²) in [6, 6.07) is -1.40. The van der Waals surface area contributed by atoms with Gasteiger partial charge in [-0.15, -0.1) is 0 Å². The Bertz CT molecular complexity index is 574.